The van der Waals surface area contributed by atoms with Gasteiger partial charge in [0.05, 0.1) is 5.69 Å². The van der Waals surface area contributed by atoms with E-state index in [0.29, 0.717) is 23.7 Å². The number of halogens is 1. The molecular formula is C14H17ClN4O2. The van der Waals surface area contributed by atoms with Crippen LogP contribution in [0, 0.1) is 0 Å². The smallest absolute Gasteiger partial charge is 0.337 e. The predicted octanol–water partition coefficient (Wildman–Crippen LogP) is 1.69. The molecule has 2 rings (SSSR count). The van der Waals surface area contributed by atoms with Gasteiger partial charge in [0.1, 0.15) is 11.5 Å². The second-order valence-corrected chi connectivity index (χ2v) is 5.00. The molecule has 0 atom stereocenters. The fraction of sp³-hybridized carbons (Fsp3) is 0.286. The Morgan fingerprint density at radius 1 is 1.24 bits per heavy atom. The van der Waals surface area contributed by atoms with Gasteiger partial charge >= 0.3 is 5.69 Å². The van der Waals surface area contributed by atoms with E-state index in [1.807, 2.05) is 6.92 Å². The van der Waals surface area contributed by atoms with Crippen LogP contribution >= 0.6 is 11.6 Å². The molecule has 0 aliphatic rings. The minimum Gasteiger partial charge on any atom is -0.383 e. The highest BCUT2D eigenvalue weighted by atomic mass is 35.5. The average Bonchev–Trinajstić information content (AvgIpc) is 2.46. The number of benzene rings is 1. The van der Waals surface area contributed by atoms with E-state index < -0.39 is 11.2 Å². The van der Waals surface area contributed by atoms with Crippen LogP contribution in [-0.2, 0) is 6.54 Å². The molecule has 0 radical (unpaired) electrons. The van der Waals surface area contributed by atoms with Crippen molar-refractivity contribution < 1.29 is 0 Å². The van der Waals surface area contributed by atoms with Crippen LogP contribution in [0.5, 0.6) is 0 Å². The third kappa shape index (κ3) is 2.67. The summed E-state index contributed by atoms with van der Waals surface area (Å²) >= 11 is 5.86. The van der Waals surface area contributed by atoms with Crippen molar-refractivity contribution in [3.63, 3.8) is 0 Å². The molecule has 0 saturated heterocycles. The summed E-state index contributed by atoms with van der Waals surface area (Å²) < 4.78 is 2.48. The lowest BCUT2D eigenvalue weighted by Gasteiger charge is -2.16. The molecule has 0 bridgehead atoms. The van der Waals surface area contributed by atoms with Crippen molar-refractivity contribution in [1.82, 2.24) is 9.13 Å². The molecule has 0 unspecified atom stereocenters. The minimum atomic E-state index is -0.458. The fourth-order valence-electron chi connectivity index (χ4n) is 2.16. The van der Waals surface area contributed by atoms with Gasteiger partial charge in [-0.1, -0.05) is 18.5 Å². The first-order chi connectivity index (χ1) is 10.0. The lowest BCUT2D eigenvalue weighted by Crippen LogP contribution is -2.41. The Bertz CT molecular complexity index is 762. The molecule has 0 aliphatic heterocycles. The first-order valence-corrected chi connectivity index (χ1v) is 6.98. The SMILES string of the molecule is CCCn1c(=O)c(NC)c(N)n(-c2ccc(Cl)cc2)c1=O. The van der Waals surface area contributed by atoms with Gasteiger partial charge in [-0.25, -0.2) is 9.36 Å². The number of hydrogen-bond donors (Lipinski definition) is 2. The number of rotatable bonds is 4. The maximum Gasteiger partial charge on any atom is 0.337 e. The van der Waals surface area contributed by atoms with E-state index in [9.17, 15) is 9.59 Å². The van der Waals surface area contributed by atoms with Gasteiger partial charge in [0.25, 0.3) is 5.56 Å². The Labute approximate surface area is 126 Å². The van der Waals surface area contributed by atoms with Crippen LogP contribution in [0.4, 0.5) is 11.5 Å². The number of anilines is 2. The van der Waals surface area contributed by atoms with Crippen LogP contribution < -0.4 is 22.3 Å². The molecule has 0 saturated carbocycles. The lowest BCUT2D eigenvalue weighted by molar-refractivity contribution is 0.602. The first-order valence-electron chi connectivity index (χ1n) is 6.60. The van der Waals surface area contributed by atoms with Crippen LogP contribution in [0.3, 0.4) is 0 Å². The first kappa shape index (κ1) is 15.2. The minimum absolute atomic E-state index is 0.0853. The Morgan fingerprint density at radius 3 is 2.38 bits per heavy atom. The van der Waals surface area contributed by atoms with E-state index in [1.165, 1.54) is 9.13 Å². The van der Waals surface area contributed by atoms with E-state index in [-0.39, 0.29) is 11.5 Å². The predicted molar refractivity (Wildman–Crippen MR) is 85.6 cm³/mol. The van der Waals surface area contributed by atoms with Gasteiger partial charge in [-0.15, -0.1) is 0 Å². The van der Waals surface area contributed by atoms with Crippen molar-refractivity contribution in [2.24, 2.45) is 0 Å². The summed E-state index contributed by atoms with van der Waals surface area (Å²) in [4.78, 5) is 24.8. The molecule has 7 heteroatoms. The molecular weight excluding hydrogens is 292 g/mol. The number of nitrogens with zero attached hydrogens (tertiary/aromatic N) is 2. The summed E-state index contributed by atoms with van der Waals surface area (Å²) in [6.45, 7) is 2.23. The summed E-state index contributed by atoms with van der Waals surface area (Å²) in [7, 11) is 1.60. The highest BCUT2D eigenvalue weighted by Crippen LogP contribution is 2.18. The lowest BCUT2D eigenvalue weighted by atomic mass is 10.3. The van der Waals surface area contributed by atoms with Crippen molar-refractivity contribution >= 4 is 23.1 Å². The van der Waals surface area contributed by atoms with Gasteiger partial charge in [-0.2, -0.15) is 0 Å². The molecule has 0 fully saturated rings. The molecule has 112 valence electrons. The van der Waals surface area contributed by atoms with Crippen molar-refractivity contribution in [1.29, 1.82) is 0 Å². The standard InChI is InChI=1S/C14H17ClN4O2/c1-3-8-18-13(20)11(17-2)12(16)19(14(18)21)10-6-4-9(15)5-7-10/h4-7,17H,3,8,16H2,1-2H3. The quantitative estimate of drug-likeness (QED) is 0.900. The summed E-state index contributed by atoms with van der Waals surface area (Å²) in [6, 6.07) is 6.69. The van der Waals surface area contributed by atoms with E-state index >= 15 is 0 Å². The molecule has 1 aromatic carbocycles. The third-order valence-corrected chi connectivity index (χ3v) is 3.41. The Hall–Kier alpha value is -2.21. The van der Waals surface area contributed by atoms with E-state index in [2.05, 4.69) is 5.32 Å². The van der Waals surface area contributed by atoms with Crippen LogP contribution in [0.25, 0.3) is 5.69 Å². The van der Waals surface area contributed by atoms with Crippen LogP contribution in [0.15, 0.2) is 33.9 Å². The van der Waals surface area contributed by atoms with E-state index in [4.69, 9.17) is 17.3 Å². The van der Waals surface area contributed by atoms with Gasteiger partial charge < -0.3 is 11.1 Å². The monoisotopic (exact) mass is 308 g/mol. The van der Waals surface area contributed by atoms with Gasteiger partial charge in [0.2, 0.25) is 0 Å². The van der Waals surface area contributed by atoms with Crippen molar-refractivity contribution in [3.8, 4) is 5.69 Å². The van der Waals surface area contributed by atoms with Gasteiger partial charge in [-0.3, -0.25) is 9.36 Å². The number of nitrogens with two attached hydrogens (primary N) is 1. The fourth-order valence-corrected chi connectivity index (χ4v) is 2.29. The van der Waals surface area contributed by atoms with Crippen molar-refractivity contribution in [2.75, 3.05) is 18.1 Å². The topological polar surface area (TPSA) is 82.0 Å². The van der Waals surface area contributed by atoms with E-state index in [0.717, 1.165) is 0 Å². The molecule has 0 amide bonds. The van der Waals surface area contributed by atoms with Crippen LogP contribution in [-0.4, -0.2) is 16.2 Å². The van der Waals surface area contributed by atoms with Crippen LogP contribution in [0.2, 0.25) is 5.02 Å². The van der Waals surface area contributed by atoms with Gasteiger partial charge in [0, 0.05) is 18.6 Å². The maximum atomic E-state index is 12.5. The zero-order valence-corrected chi connectivity index (χ0v) is 12.6. The highest BCUT2D eigenvalue weighted by Gasteiger charge is 2.16. The second-order valence-electron chi connectivity index (χ2n) is 4.56. The van der Waals surface area contributed by atoms with Crippen molar-refractivity contribution in [3.05, 3.63) is 50.1 Å². The summed E-state index contributed by atoms with van der Waals surface area (Å²) in [5, 5.41) is 3.32. The Morgan fingerprint density at radius 2 is 1.86 bits per heavy atom. The summed E-state index contributed by atoms with van der Waals surface area (Å²) in [6.07, 6.45) is 0.669. The van der Waals surface area contributed by atoms with Gasteiger partial charge in [0.15, 0.2) is 0 Å². The van der Waals surface area contributed by atoms with E-state index in [1.54, 1.807) is 31.3 Å². The molecule has 1 aromatic heterocycles. The Balaban J connectivity index is 2.82. The molecule has 6 nitrogen and oxygen atoms in total. The highest BCUT2D eigenvalue weighted by molar-refractivity contribution is 6.30. The largest absolute Gasteiger partial charge is 0.383 e. The molecule has 21 heavy (non-hydrogen) atoms. The molecule has 0 spiro atoms. The van der Waals surface area contributed by atoms with Crippen molar-refractivity contribution in [2.45, 2.75) is 19.9 Å². The molecule has 0 aliphatic carbocycles. The number of nitrogen functional groups attached to an aromatic ring is 1. The number of nitrogens with one attached hydrogen (secondary N) is 1. The third-order valence-electron chi connectivity index (χ3n) is 3.16. The normalized spacial score (nSPS) is 10.6. The summed E-state index contributed by atoms with van der Waals surface area (Å²) in [5.41, 5.74) is 5.88. The number of aromatic nitrogens is 2. The zero-order chi connectivity index (χ0) is 15.6. The summed E-state index contributed by atoms with van der Waals surface area (Å²) in [5.74, 6) is 0.0853. The molecule has 1 heterocycles. The Kier molecular flexibility index (Phi) is 4.37. The van der Waals surface area contributed by atoms with Crippen LogP contribution in [0.1, 0.15) is 13.3 Å². The number of hydrogen-bond acceptors (Lipinski definition) is 4. The molecule has 3 N–H and O–H groups in total. The average molecular weight is 309 g/mol. The molecule has 2 aromatic rings. The maximum absolute atomic E-state index is 12.5. The zero-order valence-electron chi connectivity index (χ0n) is 11.9. The van der Waals surface area contributed by atoms with Gasteiger partial charge in [-0.05, 0) is 30.7 Å². The second kappa shape index (κ2) is 6.05.